The summed E-state index contributed by atoms with van der Waals surface area (Å²) in [7, 11) is 0. The second-order valence-corrected chi connectivity index (χ2v) is 7.23. The molecule has 0 aliphatic carbocycles. The number of pyridine rings is 1. The van der Waals surface area contributed by atoms with Crippen LogP contribution < -0.4 is 10.5 Å². The quantitative estimate of drug-likeness (QED) is 0.916. The predicted molar refractivity (Wildman–Crippen MR) is 95.4 cm³/mol. The predicted octanol–water partition coefficient (Wildman–Crippen LogP) is 2.16. The minimum atomic E-state index is -0.169. The van der Waals surface area contributed by atoms with Crippen LogP contribution in [0, 0.1) is 0 Å². The molecule has 0 aromatic carbocycles. The topological polar surface area (TPSA) is 65.1 Å². The first kappa shape index (κ1) is 15.6. The van der Waals surface area contributed by atoms with E-state index in [1.165, 1.54) is 32.0 Å². The molecule has 0 spiro atoms. The molecule has 0 saturated carbocycles. The molecule has 2 aliphatic rings. The van der Waals surface area contributed by atoms with Crippen molar-refractivity contribution < 1.29 is 0 Å². The van der Waals surface area contributed by atoms with Crippen LogP contribution in [0.4, 0.5) is 5.82 Å². The Balaban J connectivity index is 1.60. The monoisotopic (exact) mass is 327 g/mol. The van der Waals surface area contributed by atoms with Gasteiger partial charge in [0.25, 0.3) is 5.56 Å². The maximum Gasteiger partial charge on any atom is 0.277 e. The summed E-state index contributed by atoms with van der Waals surface area (Å²) in [5.74, 6) is 0.894. The molecule has 4 heterocycles. The molecule has 4 rings (SSSR count). The van der Waals surface area contributed by atoms with Gasteiger partial charge in [-0.2, -0.15) is 0 Å². The van der Waals surface area contributed by atoms with Crippen LogP contribution in [0.5, 0.6) is 0 Å². The summed E-state index contributed by atoms with van der Waals surface area (Å²) in [6.45, 7) is 6.69. The molecule has 6 nitrogen and oxygen atoms in total. The number of aromatic nitrogens is 3. The highest BCUT2D eigenvalue weighted by Gasteiger charge is 2.35. The lowest BCUT2D eigenvalue weighted by Crippen LogP contribution is -2.51. The van der Waals surface area contributed by atoms with Gasteiger partial charge in [-0.05, 0) is 51.7 Å². The van der Waals surface area contributed by atoms with E-state index in [9.17, 15) is 4.79 Å². The number of hydrogen-bond acceptors (Lipinski definition) is 5. The number of hydrogen-bond donors (Lipinski definition) is 1. The molecule has 2 aromatic rings. The van der Waals surface area contributed by atoms with Gasteiger partial charge < -0.3 is 9.88 Å². The van der Waals surface area contributed by atoms with Crippen molar-refractivity contribution in [2.75, 3.05) is 18.0 Å². The Labute approximate surface area is 141 Å². The fourth-order valence-electron chi connectivity index (χ4n) is 4.46. The number of rotatable bonds is 2. The van der Waals surface area contributed by atoms with Crippen LogP contribution in [-0.2, 0) is 0 Å². The van der Waals surface area contributed by atoms with Crippen molar-refractivity contribution in [2.24, 2.45) is 0 Å². The number of nitrogens with zero attached hydrogens (tertiary/aromatic N) is 4. The lowest BCUT2D eigenvalue weighted by atomic mass is 10.0. The normalized spacial score (nSPS) is 28.6. The smallest absolute Gasteiger partial charge is 0.277 e. The van der Waals surface area contributed by atoms with E-state index in [0.717, 1.165) is 18.9 Å². The van der Waals surface area contributed by atoms with Gasteiger partial charge in [-0.25, -0.2) is 9.97 Å². The molecule has 0 radical (unpaired) electrons. The highest BCUT2D eigenvalue weighted by atomic mass is 16.1. The summed E-state index contributed by atoms with van der Waals surface area (Å²) in [6, 6.07) is 5.81. The first-order chi connectivity index (χ1) is 11.6. The van der Waals surface area contributed by atoms with Crippen molar-refractivity contribution in [3.63, 3.8) is 0 Å². The van der Waals surface area contributed by atoms with Gasteiger partial charge in [0.15, 0.2) is 5.52 Å². The van der Waals surface area contributed by atoms with E-state index >= 15 is 0 Å². The van der Waals surface area contributed by atoms with Gasteiger partial charge in [0, 0.05) is 31.2 Å². The van der Waals surface area contributed by atoms with E-state index < -0.39 is 0 Å². The number of anilines is 1. The highest BCUT2D eigenvalue weighted by Crippen LogP contribution is 2.31. The molecule has 2 fully saturated rings. The minimum absolute atomic E-state index is 0.169. The fourth-order valence-corrected chi connectivity index (χ4v) is 4.46. The van der Waals surface area contributed by atoms with Crippen LogP contribution >= 0.6 is 0 Å². The first-order valence-corrected chi connectivity index (χ1v) is 9.00. The standard InChI is InChI=1S/C18H25N5O/c1-12-5-6-13(2)23(12)14-4-3-9-22(10-14)16-8-7-15-17(21-16)18(24)20-11-19-15/h7-8,11-14H,3-6,9-10H2,1-2H3,(H,19,20,24). The second-order valence-electron chi connectivity index (χ2n) is 7.23. The van der Waals surface area contributed by atoms with Crippen molar-refractivity contribution in [3.8, 4) is 0 Å². The van der Waals surface area contributed by atoms with Crippen LogP contribution in [-0.4, -0.2) is 51.1 Å². The minimum Gasteiger partial charge on any atom is -0.355 e. The summed E-state index contributed by atoms with van der Waals surface area (Å²) in [5, 5.41) is 0. The molecule has 24 heavy (non-hydrogen) atoms. The second kappa shape index (κ2) is 6.16. The first-order valence-electron chi connectivity index (χ1n) is 9.00. The zero-order valence-electron chi connectivity index (χ0n) is 14.4. The maximum atomic E-state index is 12.0. The largest absolute Gasteiger partial charge is 0.355 e. The van der Waals surface area contributed by atoms with Crippen LogP contribution in [0.3, 0.4) is 0 Å². The summed E-state index contributed by atoms with van der Waals surface area (Å²) in [4.78, 5) is 28.4. The van der Waals surface area contributed by atoms with E-state index in [4.69, 9.17) is 0 Å². The lowest BCUT2D eigenvalue weighted by molar-refractivity contribution is 0.129. The number of nitrogens with one attached hydrogen (secondary N) is 1. The molecule has 0 bridgehead atoms. The Morgan fingerprint density at radius 1 is 1.17 bits per heavy atom. The summed E-state index contributed by atoms with van der Waals surface area (Å²) in [6.07, 6.45) is 6.45. The Morgan fingerprint density at radius 2 is 1.96 bits per heavy atom. The fraction of sp³-hybridized carbons (Fsp3) is 0.611. The van der Waals surface area contributed by atoms with Gasteiger partial charge in [-0.1, -0.05) is 0 Å². The van der Waals surface area contributed by atoms with Crippen LogP contribution in [0.1, 0.15) is 39.5 Å². The van der Waals surface area contributed by atoms with Gasteiger partial charge in [0.1, 0.15) is 5.82 Å². The Hall–Kier alpha value is -1.95. The molecule has 2 aliphatic heterocycles. The van der Waals surface area contributed by atoms with Gasteiger partial charge in [0.05, 0.1) is 11.8 Å². The van der Waals surface area contributed by atoms with Gasteiger partial charge in [-0.15, -0.1) is 0 Å². The molecule has 3 atom stereocenters. The van der Waals surface area contributed by atoms with Crippen molar-refractivity contribution in [1.29, 1.82) is 0 Å². The zero-order chi connectivity index (χ0) is 16.7. The Kier molecular flexibility index (Phi) is 4.00. The molecular formula is C18H25N5O. The number of fused-ring (bicyclic) bond motifs is 1. The lowest BCUT2D eigenvalue weighted by Gasteiger charge is -2.42. The van der Waals surface area contributed by atoms with Crippen molar-refractivity contribution in [2.45, 2.75) is 57.7 Å². The van der Waals surface area contributed by atoms with E-state index in [-0.39, 0.29) is 5.56 Å². The summed E-state index contributed by atoms with van der Waals surface area (Å²) >= 11 is 0. The SMILES string of the molecule is CC1CCC(C)N1C1CCCN(c2ccc3nc[nH]c(=O)c3n2)C1. The molecule has 0 amide bonds. The van der Waals surface area contributed by atoms with Crippen LogP contribution in [0.2, 0.25) is 0 Å². The highest BCUT2D eigenvalue weighted by molar-refractivity contribution is 5.74. The molecule has 6 heteroatoms. The molecule has 2 aromatic heterocycles. The van der Waals surface area contributed by atoms with Gasteiger partial charge in [-0.3, -0.25) is 9.69 Å². The molecule has 1 N–H and O–H groups in total. The third-order valence-corrected chi connectivity index (χ3v) is 5.64. The molecule has 2 saturated heterocycles. The van der Waals surface area contributed by atoms with Crippen LogP contribution in [0.25, 0.3) is 11.0 Å². The average Bonchev–Trinajstić information content (AvgIpc) is 2.94. The van der Waals surface area contributed by atoms with Crippen LogP contribution in [0.15, 0.2) is 23.3 Å². The number of likely N-dealkylation sites (tertiary alicyclic amines) is 1. The number of H-pyrrole nitrogens is 1. The molecular weight excluding hydrogens is 302 g/mol. The van der Waals surface area contributed by atoms with Crippen molar-refractivity contribution in [1.82, 2.24) is 19.9 Å². The third-order valence-electron chi connectivity index (χ3n) is 5.64. The zero-order valence-corrected chi connectivity index (χ0v) is 14.4. The average molecular weight is 327 g/mol. The number of piperidine rings is 1. The van der Waals surface area contributed by atoms with Crippen molar-refractivity contribution >= 4 is 16.9 Å². The Bertz CT molecular complexity index is 778. The summed E-state index contributed by atoms with van der Waals surface area (Å²) < 4.78 is 0. The van der Waals surface area contributed by atoms with E-state index in [2.05, 4.69) is 38.6 Å². The van der Waals surface area contributed by atoms with E-state index in [1.807, 2.05) is 12.1 Å². The third kappa shape index (κ3) is 2.69. The molecule has 128 valence electrons. The van der Waals surface area contributed by atoms with E-state index in [0.29, 0.717) is 29.2 Å². The Morgan fingerprint density at radius 3 is 2.75 bits per heavy atom. The summed E-state index contributed by atoms with van der Waals surface area (Å²) in [5.41, 5.74) is 0.912. The van der Waals surface area contributed by atoms with Crippen molar-refractivity contribution in [3.05, 3.63) is 28.8 Å². The molecule has 3 unspecified atom stereocenters. The maximum absolute atomic E-state index is 12.0. The number of aromatic amines is 1. The van der Waals surface area contributed by atoms with Gasteiger partial charge >= 0.3 is 0 Å². The van der Waals surface area contributed by atoms with Gasteiger partial charge in [0.2, 0.25) is 0 Å². The van der Waals surface area contributed by atoms with E-state index in [1.54, 1.807) is 0 Å².